The van der Waals surface area contributed by atoms with Gasteiger partial charge in [0, 0.05) is 63.3 Å². The SMILES string of the molecule is CCc1nc(-c2ccccc2)c(Oc2ccnc(Nc3ccc(C(=O)NCCN4CCN(C)CC4)cn3)c2)s1. The van der Waals surface area contributed by atoms with Crippen molar-refractivity contribution in [1.29, 1.82) is 0 Å². The number of aryl methyl sites for hydroxylation is 1. The Bertz CT molecular complexity index is 1370. The van der Waals surface area contributed by atoms with Gasteiger partial charge in [0.05, 0.1) is 10.6 Å². The highest BCUT2D eigenvalue weighted by molar-refractivity contribution is 7.14. The number of hydrogen-bond donors (Lipinski definition) is 2. The quantitative estimate of drug-likeness (QED) is 0.298. The molecule has 0 spiro atoms. The van der Waals surface area contributed by atoms with Crippen molar-refractivity contribution < 1.29 is 9.53 Å². The minimum absolute atomic E-state index is 0.123. The lowest BCUT2D eigenvalue weighted by atomic mass is 10.2. The zero-order chi connectivity index (χ0) is 27.0. The van der Waals surface area contributed by atoms with E-state index in [2.05, 4.69) is 44.4 Å². The largest absolute Gasteiger partial charge is 0.444 e. The Morgan fingerprint density at radius 1 is 1.03 bits per heavy atom. The summed E-state index contributed by atoms with van der Waals surface area (Å²) in [5.74, 6) is 1.70. The molecule has 1 fully saturated rings. The van der Waals surface area contributed by atoms with Gasteiger partial charge in [0.1, 0.15) is 23.1 Å². The lowest BCUT2D eigenvalue weighted by molar-refractivity contribution is 0.0940. The number of nitrogens with zero attached hydrogens (tertiary/aromatic N) is 5. The monoisotopic (exact) mass is 543 g/mol. The van der Waals surface area contributed by atoms with E-state index in [1.165, 1.54) is 0 Å². The molecule has 1 amide bonds. The Morgan fingerprint density at radius 2 is 1.85 bits per heavy atom. The van der Waals surface area contributed by atoms with Crippen LogP contribution in [0.1, 0.15) is 22.3 Å². The first kappa shape index (κ1) is 26.7. The van der Waals surface area contributed by atoms with Crippen LogP contribution in [0.25, 0.3) is 11.3 Å². The zero-order valence-corrected chi connectivity index (χ0v) is 23.1. The fourth-order valence-electron chi connectivity index (χ4n) is 4.23. The molecule has 3 aromatic heterocycles. The van der Waals surface area contributed by atoms with E-state index in [-0.39, 0.29) is 5.91 Å². The highest BCUT2D eigenvalue weighted by Crippen LogP contribution is 2.38. The molecule has 4 heterocycles. The summed E-state index contributed by atoms with van der Waals surface area (Å²) >= 11 is 1.55. The normalized spacial score (nSPS) is 14.2. The van der Waals surface area contributed by atoms with Crippen LogP contribution in [-0.2, 0) is 6.42 Å². The topological polar surface area (TPSA) is 95.5 Å². The number of likely N-dealkylation sites (N-methyl/N-ethyl adjacent to an activating group) is 1. The van der Waals surface area contributed by atoms with Crippen LogP contribution in [0.3, 0.4) is 0 Å². The molecule has 9 nitrogen and oxygen atoms in total. The second-order valence-corrected chi connectivity index (χ2v) is 10.4. The molecule has 2 N–H and O–H groups in total. The third-order valence-electron chi connectivity index (χ3n) is 6.52. The van der Waals surface area contributed by atoms with Crippen molar-refractivity contribution in [3.8, 4) is 22.1 Å². The third-order valence-corrected chi connectivity index (χ3v) is 7.60. The number of benzene rings is 1. The molecule has 0 atom stereocenters. The second kappa shape index (κ2) is 12.8. The summed E-state index contributed by atoms with van der Waals surface area (Å²) < 4.78 is 6.26. The van der Waals surface area contributed by atoms with E-state index >= 15 is 0 Å². The maximum absolute atomic E-state index is 12.5. The van der Waals surface area contributed by atoms with Crippen molar-refractivity contribution in [1.82, 2.24) is 30.1 Å². The van der Waals surface area contributed by atoms with Crippen molar-refractivity contribution in [2.45, 2.75) is 13.3 Å². The third kappa shape index (κ3) is 7.17. The summed E-state index contributed by atoms with van der Waals surface area (Å²) in [4.78, 5) is 30.8. The summed E-state index contributed by atoms with van der Waals surface area (Å²) in [5.41, 5.74) is 2.38. The summed E-state index contributed by atoms with van der Waals surface area (Å²) in [6.07, 6.45) is 4.10. The molecule has 5 rings (SSSR count). The van der Waals surface area contributed by atoms with Gasteiger partial charge in [0.25, 0.3) is 5.91 Å². The van der Waals surface area contributed by atoms with Crippen LogP contribution < -0.4 is 15.4 Å². The number of amides is 1. The van der Waals surface area contributed by atoms with Crippen molar-refractivity contribution in [2.75, 3.05) is 51.6 Å². The first-order valence-electron chi connectivity index (χ1n) is 13.2. The molecule has 0 radical (unpaired) electrons. The van der Waals surface area contributed by atoms with Gasteiger partial charge in [0.2, 0.25) is 5.06 Å². The van der Waals surface area contributed by atoms with Crippen LogP contribution in [0.2, 0.25) is 0 Å². The van der Waals surface area contributed by atoms with Gasteiger partial charge < -0.3 is 20.3 Å². The highest BCUT2D eigenvalue weighted by Gasteiger charge is 2.16. The van der Waals surface area contributed by atoms with Crippen LogP contribution in [-0.4, -0.2) is 77.0 Å². The van der Waals surface area contributed by atoms with Crippen molar-refractivity contribution >= 4 is 28.9 Å². The van der Waals surface area contributed by atoms with Gasteiger partial charge in [-0.25, -0.2) is 15.0 Å². The van der Waals surface area contributed by atoms with Gasteiger partial charge in [-0.3, -0.25) is 9.69 Å². The fraction of sp³-hybridized carbons (Fsp3) is 0.310. The standard InChI is InChI=1S/C29H33N7O2S/c1-3-26-34-27(21-7-5-4-6-8-21)29(39-26)38-23-11-12-30-25(19-23)33-24-10-9-22(20-32-24)28(37)31-13-14-36-17-15-35(2)16-18-36/h4-12,19-20H,3,13-18H2,1-2H3,(H,31,37)(H,30,32,33). The minimum Gasteiger partial charge on any atom is -0.444 e. The number of carbonyl (C=O) groups is 1. The van der Waals surface area contributed by atoms with E-state index < -0.39 is 0 Å². The molecular formula is C29H33N7O2S. The molecule has 1 aliphatic heterocycles. The first-order valence-corrected chi connectivity index (χ1v) is 14.0. The molecule has 0 bridgehead atoms. The van der Waals surface area contributed by atoms with E-state index in [1.807, 2.05) is 42.5 Å². The number of carbonyl (C=O) groups excluding carboxylic acids is 1. The number of thiazole rings is 1. The van der Waals surface area contributed by atoms with Crippen molar-refractivity contribution in [3.05, 3.63) is 77.6 Å². The van der Waals surface area contributed by atoms with Crippen LogP contribution in [0, 0.1) is 0 Å². The number of anilines is 2. The van der Waals surface area contributed by atoms with E-state index in [9.17, 15) is 4.79 Å². The summed E-state index contributed by atoms with van der Waals surface area (Å²) in [5, 5.41) is 7.95. The molecule has 0 aliphatic carbocycles. The average Bonchev–Trinajstić information content (AvgIpc) is 3.38. The fourth-order valence-corrected chi connectivity index (χ4v) is 5.13. The molecule has 10 heteroatoms. The lowest BCUT2D eigenvalue weighted by Gasteiger charge is -2.32. The van der Waals surface area contributed by atoms with E-state index in [0.717, 1.165) is 60.5 Å². The van der Waals surface area contributed by atoms with Crippen LogP contribution in [0.15, 0.2) is 67.0 Å². The van der Waals surface area contributed by atoms with Gasteiger partial charge in [-0.15, -0.1) is 0 Å². The Labute approximate surface area is 232 Å². The smallest absolute Gasteiger partial charge is 0.252 e. The molecule has 4 aromatic rings. The van der Waals surface area contributed by atoms with Gasteiger partial charge in [-0.05, 0) is 31.7 Å². The Hall–Kier alpha value is -3.86. The lowest BCUT2D eigenvalue weighted by Crippen LogP contribution is -2.46. The maximum atomic E-state index is 12.5. The number of hydrogen-bond acceptors (Lipinski definition) is 9. The van der Waals surface area contributed by atoms with Crippen molar-refractivity contribution in [3.63, 3.8) is 0 Å². The summed E-state index contributed by atoms with van der Waals surface area (Å²) in [6.45, 7) is 7.75. The average molecular weight is 544 g/mol. The second-order valence-electron chi connectivity index (χ2n) is 9.40. The van der Waals surface area contributed by atoms with Gasteiger partial charge in [-0.2, -0.15) is 0 Å². The predicted molar refractivity (Wildman–Crippen MR) is 155 cm³/mol. The van der Waals surface area contributed by atoms with E-state index in [4.69, 9.17) is 9.72 Å². The summed E-state index contributed by atoms with van der Waals surface area (Å²) in [7, 11) is 2.14. The number of piperazine rings is 1. The molecule has 202 valence electrons. The summed E-state index contributed by atoms with van der Waals surface area (Å²) in [6, 6.07) is 17.2. The van der Waals surface area contributed by atoms with Crippen molar-refractivity contribution in [2.24, 2.45) is 0 Å². The molecule has 1 aliphatic rings. The van der Waals surface area contributed by atoms with E-state index in [1.54, 1.807) is 35.9 Å². The first-order chi connectivity index (χ1) is 19.1. The van der Waals surface area contributed by atoms with Gasteiger partial charge in [0.15, 0.2) is 0 Å². The Balaban J connectivity index is 1.18. The highest BCUT2D eigenvalue weighted by atomic mass is 32.1. The predicted octanol–water partition coefficient (Wildman–Crippen LogP) is 4.68. The van der Waals surface area contributed by atoms with Crippen LogP contribution >= 0.6 is 11.3 Å². The zero-order valence-electron chi connectivity index (χ0n) is 22.3. The molecule has 1 saturated heterocycles. The number of rotatable bonds is 10. The van der Waals surface area contributed by atoms with Gasteiger partial charge >= 0.3 is 0 Å². The Morgan fingerprint density at radius 3 is 2.59 bits per heavy atom. The number of aromatic nitrogens is 3. The number of ether oxygens (including phenoxy) is 1. The molecular weight excluding hydrogens is 510 g/mol. The molecule has 0 saturated carbocycles. The minimum atomic E-state index is -0.123. The number of pyridine rings is 2. The number of nitrogens with one attached hydrogen (secondary N) is 2. The van der Waals surface area contributed by atoms with E-state index in [0.29, 0.717) is 29.5 Å². The van der Waals surface area contributed by atoms with Crippen LogP contribution in [0.4, 0.5) is 11.6 Å². The Kier molecular flexibility index (Phi) is 8.77. The van der Waals surface area contributed by atoms with Gasteiger partial charge in [-0.1, -0.05) is 48.6 Å². The molecule has 39 heavy (non-hydrogen) atoms. The maximum Gasteiger partial charge on any atom is 0.252 e. The molecule has 0 unspecified atom stereocenters. The van der Waals surface area contributed by atoms with Crippen LogP contribution in [0.5, 0.6) is 10.8 Å². The molecule has 1 aromatic carbocycles.